The first-order chi connectivity index (χ1) is 12.5. The molecule has 0 aliphatic heterocycles. The molecular weight excluding hydrogens is 350 g/mol. The number of hydrogen-bond donors (Lipinski definition) is 2. The van der Waals surface area contributed by atoms with Gasteiger partial charge in [0.15, 0.2) is 0 Å². The van der Waals surface area contributed by atoms with Gasteiger partial charge in [-0.2, -0.15) is 9.19 Å². The predicted octanol–water partition coefficient (Wildman–Crippen LogP) is 2.94. The van der Waals surface area contributed by atoms with Gasteiger partial charge in [-0.1, -0.05) is 12.1 Å². The van der Waals surface area contributed by atoms with Gasteiger partial charge in [0.05, 0.1) is 18.6 Å². The van der Waals surface area contributed by atoms with E-state index in [4.69, 9.17) is 0 Å². The highest BCUT2D eigenvalue weighted by Crippen LogP contribution is 2.31. The number of nitrogens with zero attached hydrogens (tertiary/aromatic N) is 3. The average Bonchev–Trinajstić information content (AvgIpc) is 3.27. The van der Waals surface area contributed by atoms with Gasteiger partial charge in [-0.05, 0) is 23.8 Å². The Bertz CT molecular complexity index is 1190. The average molecular weight is 367 g/mol. The van der Waals surface area contributed by atoms with E-state index in [1.165, 1.54) is 12.4 Å². The van der Waals surface area contributed by atoms with Crippen molar-refractivity contribution in [3.63, 3.8) is 0 Å². The molecule has 0 spiro atoms. The maximum atomic E-state index is 11.6. The molecule has 0 saturated carbocycles. The molecular formula is C18H17N5O2S. The van der Waals surface area contributed by atoms with Crippen molar-refractivity contribution < 1.29 is 8.42 Å². The number of nitrogens with one attached hydrogen (secondary N) is 2. The van der Waals surface area contributed by atoms with Crippen LogP contribution >= 0.6 is 0 Å². The van der Waals surface area contributed by atoms with Crippen LogP contribution < -0.4 is 5.32 Å². The first-order valence-electron chi connectivity index (χ1n) is 7.96. The summed E-state index contributed by atoms with van der Waals surface area (Å²) in [6.07, 6.45) is 7.80. The van der Waals surface area contributed by atoms with Crippen LogP contribution in [0.4, 0.5) is 5.69 Å². The Balaban J connectivity index is 1.80. The molecule has 0 bridgehead atoms. The SMILES string of the molecule is CNc1ccc(-c2cnc3[nH]cc(-c4cnn(S(C)(=O)=O)c4)c3c2)cc1. The molecule has 3 heterocycles. The standard InChI is InChI=1S/C18H17N5O2S/c1-19-15-5-3-12(4-6-15)13-7-16-17(10-21-18(16)20-8-13)14-9-22-23(11-14)26(2,24)25/h3-11,19H,1-2H3,(H,20,21). The lowest BCUT2D eigenvalue weighted by atomic mass is 10.0. The molecule has 0 atom stereocenters. The number of rotatable bonds is 4. The maximum Gasteiger partial charge on any atom is 0.250 e. The maximum absolute atomic E-state index is 11.6. The van der Waals surface area contributed by atoms with Gasteiger partial charge in [-0.15, -0.1) is 0 Å². The molecule has 0 aliphatic rings. The molecule has 3 aromatic heterocycles. The summed E-state index contributed by atoms with van der Waals surface area (Å²) in [5, 5.41) is 7.95. The molecule has 2 N–H and O–H groups in total. The summed E-state index contributed by atoms with van der Waals surface area (Å²) >= 11 is 0. The van der Waals surface area contributed by atoms with Crippen molar-refractivity contribution in [1.82, 2.24) is 19.2 Å². The molecule has 132 valence electrons. The number of aromatic amines is 1. The van der Waals surface area contributed by atoms with Crippen molar-refractivity contribution >= 4 is 26.7 Å². The van der Waals surface area contributed by atoms with Crippen LogP contribution in [-0.4, -0.2) is 40.9 Å². The highest BCUT2D eigenvalue weighted by molar-refractivity contribution is 7.89. The fourth-order valence-corrected chi connectivity index (χ4v) is 3.38. The first-order valence-corrected chi connectivity index (χ1v) is 9.81. The minimum absolute atomic E-state index is 0.714. The highest BCUT2D eigenvalue weighted by atomic mass is 32.2. The van der Waals surface area contributed by atoms with E-state index >= 15 is 0 Å². The molecule has 0 unspecified atom stereocenters. The van der Waals surface area contributed by atoms with E-state index in [-0.39, 0.29) is 0 Å². The van der Waals surface area contributed by atoms with Crippen LogP contribution in [0.5, 0.6) is 0 Å². The predicted molar refractivity (Wildman–Crippen MR) is 103 cm³/mol. The number of fused-ring (bicyclic) bond motifs is 1. The lowest BCUT2D eigenvalue weighted by Crippen LogP contribution is -2.09. The van der Waals surface area contributed by atoms with E-state index in [9.17, 15) is 8.42 Å². The van der Waals surface area contributed by atoms with Gasteiger partial charge in [0, 0.05) is 47.2 Å². The number of aromatic nitrogens is 4. The smallest absolute Gasteiger partial charge is 0.250 e. The van der Waals surface area contributed by atoms with Gasteiger partial charge in [-0.25, -0.2) is 13.4 Å². The Morgan fingerprint density at radius 3 is 2.50 bits per heavy atom. The second-order valence-corrected chi connectivity index (χ2v) is 7.85. The molecule has 7 nitrogen and oxygen atoms in total. The van der Waals surface area contributed by atoms with Gasteiger partial charge < -0.3 is 10.3 Å². The number of H-pyrrole nitrogens is 1. The number of hydrogen-bond acceptors (Lipinski definition) is 5. The normalized spacial score (nSPS) is 11.8. The van der Waals surface area contributed by atoms with Crippen LogP contribution in [0.1, 0.15) is 0 Å². The van der Waals surface area contributed by atoms with Crippen LogP contribution in [0.15, 0.2) is 55.1 Å². The number of benzene rings is 1. The minimum atomic E-state index is -3.41. The number of pyridine rings is 1. The molecule has 0 fully saturated rings. The molecule has 0 saturated heterocycles. The molecule has 4 rings (SSSR count). The topological polar surface area (TPSA) is 92.7 Å². The Morgan fingerprint density at radius 1 is 1.08 bits per heavy atom. The molecule has 0 amide bonds. The Hall–Kier alpha value is -3.13. The van der Waals surface area contributed by atoms with Crippen LogP contribution in [-0.2, 0) is 10.0 Å². The van der Waals surface area contributed by atoms with E-state index < -0.39 is 10.0 Å². The summed E-state index contributed by atoms with van der Waals surface area (Å²) < 4.78 is 24.3. The lowest BCUT2D eigenvalue weighted by molar-refractivity contribution is 0.586. The van der Waals surface area contributed by atoms with Gasteiger partial charge >= 0.3 is 0 Å². The molecule has 8 heteroatoms. The van der Waals surface area contributed by atoms with Crippen molar-refractivity contribution in [3.05, 3.63) is 55.1 Å². The number of anilines is 1. The summed E-state index contributed by atoms with van der Waals surface area (Å²) in [6.45, 7) is 0. The third-order valence-electron chi connectivity index (χ3n) is 4.25. The largest absolute Gasteiger partial charge is 0.388 e. The Labute approximate surface area is 150 Å². The second-order valence-electron chi connectivity index (χ2n) is 6.01. The van der Waals surface area contributed by atoms with Gasteiger partial charge in [0.25, 0.3) is 10.0 Å². The molecule has 0 radical (unpaired) electrons. The van der Waals surface area contributed by atoms with Crippen molar-refractivity contribution in [2.45, 2.75) is 0 Å². The monoisotopic (exact) mass is 367 g/mol. The summed E-state index contributed by atoms with van der Waals surface area (Å²) in [6, 6.07) is 10.1. The second kappa shape index (κ2) is 5.99. The first kappa shape index (κ1) is 16.3. The van der Waals surface area contributed by atoms with Crippen LogP contribution in [0.25, 0.3) is 33.3 Å². The third-order valence-corrected chi connectivity index (χ3v) is 5.13. The summed E-state index contributed by atoms with van der Waals surface area (Å²) in [4.78, 5) is 7.61. The zero-order valence-electron chi connectivity index (χ0n) is 14.3. The zero-order chi connectivity index (χ0) is 18.3. The van der Waals surface area contributed by atoms with E-state index in [1.54, 1.807) is 0 Å². The molecule has 1 aromatic carbocycles. The van der Waals surface area contributed by atoms with Crippen molar-refractivity contribution in [1.29, 1.82) is 0 Å². The summed E-state index contributed by atoms with van der Waals surface area (Å²) in [5.41, 5.74) is 5.39. The fraction of sp³-hybridized carbons (Fsp3) is 0.111. The Morgan fingerprint density at radius 2 is 1.85 bits per heavy atom. The van der Waals surface area contributed by atoms with Crippen molar-refractivity contribution in [2.75, 3.05) is 18.6 Å². The minimum Gasteiger partial charge on any atom is -0.388 e. The van der Waals surface area contributed by atoms with Crippen LogP contribution in [0.3, 0.4) is 0 Å². The molecule has 4 aromatic rings. The van der Waals surface area contributed by atoms with Gasteiger partial charge in [0.1, 0.15) is 5.65 Å². The van der Waals surface area contributed by atoms with Crippen molar-refractivity contribution in [2.24, 2.45) is 0 Å². The zero-order valence-corrected chi connectivity index (χ0v) is 15.1. The van der Waals surface area contributed by atoms with Crippen LogP contribution in [0.2, 0.25) is 0 Å². The van der Waals surface area contributed by atoms with E-state index in [1.807, 2.05) is 49.8 Å². The van der Waals surface area contributed by atoms with Crippen LogP contribution in [0, 0.1) is 0 Å². The van der Waals surface area contributed by atoms with Crippen molar-refractivity contribution in [3.8, 4) is 22.3 Å². The van der Waals surface area contributed by atoms with Gasteiger partial charge in [-0.3, -0.25) is 0 Å². The third kappa shape index (κ3) is 2.84. The van der Waals surface area contributed by atoms with E-state index in [2.05, 4.69) is 20.4 Å². The molecule has 26 heavy (non-hydrogen) atoms. The van der Waals surface area contributed by atoms with E-state index in [0.717, 1.165) is 43.8 Å². The Kier molecular flexibility index (Phi) is 3.77. The van der Waals surface area contributed by atoms with Gasteiger partial charge in [0.2, 0.25) is 0 Å². The molecule has 0 aliphatic carbocycles. The lowest BCUT2D eigenvalue weighted by Gasteiger charge is -2.04. The summed E-state index contributed by atoms with van der Waals surface area (Å²) in [7, 11) is -1.53. The van der Waals surface area contributed by atoms with E-state index in [0.29, 0.717) is 5.56 Å². The quantitative estimate of drug-likeness (QED) is 0.578. The highest BCUT2D eigenvalue weighted by Gasteiger charge is 2.13. The fourth-order valence-electron chi connectivity index (χ4n) is 2.85. The summed E-state index contributed by atoms with van der Waals surface area (Å²) in [5.74, 6) is 0.